The molecule has 0 amide bonds. The Bertz CT molecular complexity index is 532. The van der Waals surface area contributed by atoms with Gasteiger partial charge in [-0.3, -0.25) is 4.98 Å². The van der Waals surface area contributed by atoms with E-state index < -0.39 is 0 Å². The maximum Gasteiger partial charge on any atom is 0.161 e. The lowest BCUT2D eigenvalue weighted by molar-refractivity contribution is 1.06. The van der Waals surface area contributed by atoms with Crippen molar-refractivity contribution < 1.29 is 0 Å². The number of nitrogens with zero attached hydrogens (tertiary/aromatic N) is 3. The van der Waals surface area contributed by atoms with Crippen molar-refractivity contribution in [3.8, 4) is 11.4 Å². The van der Waals surface area contributed by atoms with Crippen LogP contribution in [0.1, 0.15) is 22.6 Å². The zero-order valence-corrected chi connectivity index (χ0v) is 10.6. The van der Waals surface area contributed by atoms with E-state index in [1.807, 2.05) is 39.8 Å². The third-order valence-corrected chi connectivity index (χ3v) is 2.77. The summed E-state index contributed by atoms with van der Waals surface area (Å²) in [5.74, 6) is 1.21. The smallest absolute Gasteiger partial charge is 0.161 e. The van der Waals surface area contributed by atoms with Gasteiger partial charge in [-0.15, -0.1) is 0 Å². The van der Waals surface area contributed by atoms with Crippen LogP contribution in [0.15, 0.2) is 12.1 Å². The molecular weight excluding hydrogens is 212 g/mol. The number of aryl methyl sites for hydroxylation is 3. The Kier molecular flexibility index (Phi) is 2.79. The highest BCUT2D eigenvalue weighted by atomic mass is 15.0. The molecule has 2 N–H and O–H groups in total. The van der Waals surface area contributed by atoms with E-state index in [2.05, 4.69) is 15.0 Å². The van der Waals surface area contributed by atoms with Gasteiger partial charge >= 0.3 is 0 Å². The highest BCUT2D eigenvalue weighted by Crippen LogP contribution is 2.20. The molecule has 0 fully saturated rings. The van der Waals surface area contributed by atoms with Crippen LogP contribution in [0.5, 0.6) is 0 Å². The van der Waals surface area contributed by atoms with Crippen molar-refractivity contribution >= 4 is 5.82 Å². The lowest BCUT2D eigenvalue weighted by Crippen LogP contribution is -2.02. The number of aromatic nitrogens is 3. The standard InChI is InChI=1S/C13H16N4/c1-7-5-11(6-8(2)15-7)13-16-10(4)9(3)12(14)17-13/h5-6H,1-4H3,(H2,14,16,17). The van der Waals surface area contributed by atoms with Crippen molar-refractivity contribution in [1.82, 2.24) is 15.0 Å². The lowest BCUT2D eigenvalue weighted by Gasteiger charge is -2.08. The monoisotopic (exact) mass is 228 g/mol. The molecule has 0 bridgehead atoms. The molecule has 0 aliphatic heterocycles. The molecule has 17 heavy (non-hydrogen) atoms. The van der Waals surface area contributed by atoms with Crippen molar-refractivity contribution in [2.24, 2.45) is 0 Å². The number of rotatable bonds is 1. The quantitative estimate of drug-likeness (QED) is 0.813. The normalized spacial score (nSPS) is 10.6. The van der Waals surface area contributed by atoms with Gasteiger partial charge in [0.2, 0.25) is 0 Å². The van der Waals surface area contributed by atoms with Gasteiger partial charge in [0, 0.05) is 28.2 Å². The first-order chi connectivity index (χ1) is 7.97. The largest absolute Gasteiger partial charge is 0.383 e. The predicted octanol–water partition coefficient (Wildman–Crippen LogP) is 2.35. The molecule has 0 saturated heterocycles. The molecule has 4 heteroatoms. The molecule has 0 saturated carbocycles. The first-order valence-electron chi connectivity index (χ1n) is 5.54. The Labute approximate surface area is 101 Å². The maximum absolute atomic E-state index is 5.87. The Hall–Kier alpha value is -1.97. The van der Waals surface area contributed by atoms with E-state index in [4.69, 9.17) is 5.73 Å². The molecule has 0 atom stereocenters. The summed E-state index contributed by atoms with van der Waals surface area (Å²) in [5.41, 5.74) is 10.6. The first kappa shape index (κ1) is 11.5. The molecule has 0 aliphatic carbocycles. The van der Waals surface area contributed by atoms with E-state index in [1.165, 1.54) is 0 Å². The molecule has 0 aliphatic rings. The molecule has 2 aromatic rings. The fourth-order valence-corrected chi connectivity index (χ4v) is 1.74. The van der Waals surface area contributed by atoms with Crippen LogP contribution in [0.4, 0.5) is 5.82 Å². The molecule has 0 unspecified atom stereocenters. The zero-order chi connectivity index (χ0) is 12.6. The van der Waals surface area contributed by atoms with E-state index in [1.54, 1.807) is 0 Å². The zero-order valence-electron chi connectivity index (χ0n) is 10.6. The first-order valence-corrected chi connectivity index (χ1v) is 5.54. The van der Waals surface area contributed by atoms with Crippen LogP contribution in [0.2, 0.25) is 0 Å². The second kappa shape index (κ2) is 4.13. The predicted molar refractivity (Wildman–Crippen MR) is 68.6 cm³/mol. The summed E-state index contributed by atoms with van der Waals surface area (Å²) in [6, 6.07) is 3.94. The van der Waals surface area contributed by atoms with Gasteiger partial charge in [0.1, 0.15) is 5.82 Å². The summed E-state index contributed by atoms with van der Waals surface area (Å²) in [6.07, 6.45) is 0. The van der Waals surface area contributed by atoms with E-state index in [9.17, 15) is 0 Å². The molecule has 2 rings (SSSR count). The highest BCUT2D eigenvalue weighted by molar-refractivity contribution is 5.59. The molecule has 0 spiro atoms. The number of hydrogen-bond acceptors (Lipinski definition) is 4. The van der Waals surface area contributed by atoms with Crippen LogP contribution >= 0.6 is 0 Å². The van der Waals surface area contributed by atoms with Crippen molar-refractivity contribution in [1.29, 1.82) is 0 Å². The maximum atomic E-state index is 5.87. The van der Waals surface area contributed by atoms with E-state index in [0.29, 0.717) is 11.6 Å². The van der Waals surface area contributed by atoms with Crippen LogP contribution in [-0.4, -0.2) is 15.0 Å². The third-order valence-electron chi connectivity index (χ3n) is 2.77. The number of nitrogens with two attached hydrogens (primary N) is 1. The summed E-state index contributed by atoms with van der Waals surface area (Å²) in [4.78, 5) is 13.1. The van der Waals surface area contributed by atoms with Crippen molar-refractivity contribution in [3.63, 3.8) is 0 Å². The molecule has 4 nitrogen and oxygen atoms in total. The van der Waals surface area contributed by atoms with Crippen LogP contribution < -0.4 is 5.73 Å². The van der Waals surface area contributed by atoms with E-state index in [0.717, 1.165) is 28.2 Å². The molecular formula is C13H16N4. The second-order valence-electron chi connectivity index (χ2n) is 4.28. The average Bonchev–Trinajstić information content (AvgIpc) is 2.23. The molecule has 2 heterocycles. The van der Waals surface area contributed by atoms with Crippen LogP contribution in [0.3, 0.4) is 0 Å². The van der Waals surface area contributed by atoms with Gasteiger partial charge in [0.15, 0.2) is 5.82 Å². The fourth-order valence-electron chi connectivity index (χ4n) is 1.74. The Morgan fingerprint density at radius 3 is 2.00 bits per heavy atom. The fraction of sp³-hybridized carbons (Fsp3) is 0.308. The van der Waals surface area contributed by atoms with Gasteiger partial charge < -0.3 is 5.73 Å². The minimum absolute atomic E-state index is 0.541. The molecule has 2 aromatic heterocycles. The number of nitrogen functional groups attached to an aromatic ring is 1. The summed E-state index contributed by atoms with van der Waals surface area (Å²) < 4.78 is 0. The van der Waals surface area contributed by atoms with Crippen LogP contribution in [-0.2, 0) is 0 Å². The summed E-state index contributed by atoms with van der Waals surface area (Å²) in [6.45, 7) is 7.79. The van der Waals surface area contributed by atoms with Gasteiger partial charge in [-0.1, -0.05) is 0 Å². The Morgan fingerprint density at radius 1 is 0.882 bits per heavy atom. The minimum atomic E-state index is 0.541. The number of anilines is 1. The summed E-state index contributed by atoms with van der Waals surface area (Å²) >= 11 is 0. The molecule has 0 aromatic carbocycles. The summed E-state index contributed by atoms with van der Waals surface area (Å²) in [7, 11) is 0. The van der Waals surface area contributed by atoms with Crippen LogP contribution in [0, 0.1) is 27.7 Å². The SMILES string of the molecule is Cc1cc(-c2nc(C)c(C)c(N)n2)cc(C)n1. The second-order valence-corrected chi connectivity index (χ2v) is 4.28. The highest BCUT2D eigenvalue weighted by Gasteiger charge is 2.08. The van der Waals surface area contributed by atoms with Crippen molar-refractivity contribution in [2.45, 2.75) is 27.7 Å². The lowest BCUT2D eigenvalue weighted by atomic mass is 10.1. The van der Waals surface area contributed by atoms with E-state index >= 15 is 0 Å². The Morgan fingerprint density at radius 2 is 1.47 bits per heavy atom. The van der Waals surface area contributed by atoms with Gasteiger partial charge in [0.25, 0.3) is 0 Å². The number of pyridine rings is 1. The average molecular weight is 228 g/mol. The van der Waals surface area contributed by atoms with Crippen molar-refractivity contribution in [3.05, 3.63) is 34.8 Å². The van der Waals surface area contributed by atoms with Crippen molar-refractivity contribution in [2.75, 3.05) is 5.73 Å². The summed E-state index contributed by atoms with van der Waals surface area (Å²) in [5, 5.41) is 0. The van der Waals surface area contributed by atoms with Gasteiger partial charge in [-0.05, 0) is 39.8 Å². The Balaban J connectivity index is 2.60. The van der Waals surface area contributed by atoms with E-state index in [-0.39, 0.29) is 0 Å². The third kappa shape index (κ3) is 2.25. The topological polar surface area (TPSA) is 64.7 Å². The number of hydrogen-bond donors (Lipinski definition) is 1. The van der Waals surface area contributed by atoms with Gasteiger partial charge in [-0.2, -0.15) is 0 Å². The molecule has 88 valence electrons. The van der Waals surface area contributed by atoms with Gasteiger partial charge in [0.05, 0.1) is 0 Å². The molecule has 0 radical (unpaired) electrons. The van der Waals surface area contributed by atoms with Gasteiger partial charge in [-0.25, -0.2) is 9.97 Å². The minimum Gasteiger partial charge on any atom is -0.383 e. The van der Waals surface area contributed by atoms with Crippen LogP contribution in [0.25, 0.3) is 11.4 Å².